The molecule has 17 heavy (non-hydrogen) atoms. The smallest absolute Gasteiger partial charge is 0.445 e. The Balaban J connectivity index is 3.36. The molecule has 0 saturated heterocycles. The average molecular weight is 270 g/mol. The zero-order valence-corrected chi connectivity index (χ0v) is 9.57. The van der Waals surface area contributed by atoms with Crippen molar-refractivity contribution in [2.45, 2.75) is 12.7 Å². The van der Waals surface area contributed by atoms with E-state index in [0.29, 0.717) is 12.1 Å². The van der Waals surface area contributed by atoms with Crippen LogP contribution < -0.4 is 11.2 Å². The third-order valence-electron chi connectivity index (χ3n) is 2.28. The van der Waals surface area contributed by atoms with Crippen molar-refractivity contribution in [3.8, 4) is 0 Å². The van der Waals surface area contributed by atoms with E-state index in [4.69, 9.17) is 5.73 Å². The number of anilines is 1. The van der Waals surface area contributed by atoms with Crippen molar-refractivity contribution >= 4 is 28.4 Å². The van der Waals surface area contributed by atoms with Crippen LogP contribution in [0.3, 0.4) is 0 Å². The maximum Gasteiger partial charge on any atom is 0.509 e. The highest BCUT2D eigenvalue weighted by Crippen LogP contribution is 2.21. The molecule has 9 heteroatoms. The highest BCUT2D eigenvalue weighted by atomic mass is 32.3. The van der Waals surface area contributed by atoms with Crippen LogP contribution in [0.15, 0.2) is 12.1 Å². The van der Waals surface area contributed by atoms with Crippen LogP contribution in [0.5, 0.6) is 0 Å². The Hall–Kier alpha value is -1.25. The van der Waals surface area contributed by atoms with E-state index >= 15 is 0 Å². The molecule has 0 atom stereocenters. The Morgan fingerprint density at radius 2 is 1.82 bits per heavy atom. The fraction of sp³-hybridized carbons (Fsp3) is 0.250. The number of nitrogens with two attached hydrogens (primary N) is 1. The van der Waals surface area contributed by atoms with Crippen molar-refractivity contribution in [2.24, 2.45) is 0 Å². The molecule has 1 rings (SSSR count). The van der Waals surface area contributed by atoms with Crippen molar-refractivity contribution in [2.75, 3.05) is 5.73 Å². The van der Waals surface area contributed by atoms with Crippen LogP contribution >= 0.6 is 0 Å². The molecule has 0 amide bonds. The van der Waals surface area contributed by atoms with E-state index in [1.165, 1.54) is 6.92 Å². The summed E-state index contributed by atoms with van der Waals surface area (Å²) in [5.41, 5.74) is 3.94. The second-order valence-electron chi connectivity index (χ2n) is 3.65. The molecule has 0 aliphatic carbocycles. The van der Waals surface area contributed by atoms with Gasteiger partial charge in [-0.25, -0.2) is 0 Å². The zero-order valence-electron chi connectivity index (χ0n) is 8.75. The SMILES string of the molecule is Cc1c(N)cc([B-](F)(F)F)cc1CS(=O)(=O)F. The number of nitrogen functional groups attached to an aromatic ring is 1. The molecule has 0 fully saturated rings. The van der Waals surface area contributed by atoms with Gasteiger partial charge in [-0.2, -0.15) is 8.42 Å². The second-order valence-corrected chi connectivity index (χ2v) is 5.02. The highest BCUT2D eigenvalue weighted by Gasteiger charge is 2.27. The van der Waals surface area contributed by atoms with Gasteiger partial charge in [0.1, 0.15) is 5.75 Å². The van der Waals surface area contributed by atoms with Crippen LogP contribution in [0.4, 0.5) is 22.5 Å². The van der Waals surface area contributed by atoms with Crippen LogP contribution in [0.25, 0.3) is 0 Å². The topological polar surface area (TPSA) is 60.2 Å². The molecule has 3 nitrogen and oxygen atoms in total. The molecule has 0 aliphatic rings. The van der Waals surface area contributed by atoms with Gasteiger partial charge in [-0.1, -0.05) is 12.1 Å². The van der Waals surface area contributed by atoms with E-state index in [1.54, 1.807) is 0 Å². The van der Waals surface area contributed by atoms with Crippen molar-refractivity contribution in [1.82, 2.24) is 0 Å². The lowest BCUT2D eigenvalue weighted by Gasteiger charge is -2.18. The summed E-state index contributed by atoms with van der Waals surface area (Å²) >= 11 is 0. The highest BCUT2D eigenvalue weighted by molar-refractivity contribution is 7.85. The van der Waals surface area contributed by atoms with Crippen molar-refractivity contribution in [1.29, 1.82) is 0 Å². The molecule has 2 N–H and O–H groups in total. The first-order valence-corrected chi connectivity index (χ1v) is 6.07. The predicted molar refractivity (Wildman–Crippen MR) is 58.0 cm³/mol. The third kappa shape index (κ3) is 3.62. The Morgan fingerprint density at radius 1 is 1.29 bits per heavy atom. The Kier molecular flexibility index (Phi) is 3.42. The lowest BCUT2D eigenvalue weighted by atomic mass is 9.78. The van der Waals surface area contributed by atoms with Crippen LogP contribution in [0.2, 0.25) is 0 Å². The molecule has 0 unspecified atom stereocenters. The van der Waals surface area contributed by atoms with E-state index in [1.807, 2.05) is 0 Å². The molecule has 0 spiro atoms. The van der Waals surface area contributed by atoms with E-state index in [0.717, 1.165) is 0 Å². The van der Waals surface area contributed by atoms with Crippen molar-refractivity contribution < 1.29 is 25.3 Å². The van der Waals surface area contributed by atoms with Crippen molar-refractivity contribution in [3.05, 3.63) is 23.3 Å². The summed E-state index contributed by atoms with van der Waals surface area (Å²) in [5, 5.41) is 0. The quantitative estimate of drug-likeness (QED) is 0.391. The minimum Gasteiger partial charge on any atom is -0.445 e. The Bertz CT molecular complexity index is 541. The lowest BCUT2D eigenvalue weighted by molar-refractivity contribution is 0.500. The largest absolute Gasteiger partial charge is 0.509 e. The fourth-order valence-electron chi connectivity index (χ4n) is 1.35. The van der Waals surface area contributed by atoms with Gasteiger partial charge in [0.05, 0.1) is 0 Å². The number of hydrogen-bond acceptors (Lipinski definition) is 3. The number of halogens is 4. The van der Waals surface area contributed by atoms with E-state index in [9.17, 15) is 25.3 Å². The molecule has 0 radical (unpaired) electrons. The minimum atomic E-state index is -5.30. The number of hydrogen-bond donors (Lipinski definition) is 1. The number of rotatable bonds is 3. The van der Waals surface area contributed by atoms with Crippen LogP contribution in [-0.2, 0) is 16.0 Å². The summed E-state index contributed by atoms with van der Waals surface area (Å²) in [5.74, 6) is -1.11. The summed E-state index contributed by atoms with van der Waals surface area (Å²) in [4.78, 5) is 0. The van der Waals surface area contributed by atoms with Gasteiger partial charge < -0.3 is 18.7 Å². The lowest BCUT2D eigenvalue weighted by Crippen LogP contribution is -2.35. The molecule has 1 aromatic carbocycles. The standard InChI is InChI=1S/C8H9BF4NO2S/c1-5-6(4-17(13,15)16)2-7(3-8(5)14)9(10,11)12/h2-3H,4,14H2,1H3/q-1. The molecule has 0 aliphatic heterocycles. The van der Waals surface area contributed by atoms with Gasteiger partial charge in [0.15, 0.2) is 0 Å². The second kappa shape index (κ2) is 4.21. The molecule has 0 aromatic heterocycles. The summed E-state index contributed by atoms with van der Waals surface area (Å²) in [6.07, 6.45) is 0. The molecule has 96 valence electrons. The van der Waals surface area contributed by atoms with E-state index < -0.39 is 28.4 Å². The summed E-state index contributed by atoms with van der Waals surface area (Å²) in [6.45, 7) is -3.97. The van der Waals surface area contributed by atoms with Gasteiger partial charge in [-0.3, -0.25) is 0 Å². The first kappa shape index (κ1) is 13.8. The molecular formula is C8H9BF4NO2S-. The monoisotopic (exact) mass is 270 g/mol. The molecule has 0 saturated carbocycles. The first-order valence-electron chi connectivity index (χ1n) is 4.52. The minimum absolute atomic E-state index is 0.134. The van der Waals surface area contributed by atoms with Crippen LogP contribution in [0, 0.1) is 6.92 Å². The maximum absolute atomic E-state index is 12.5. The van der Waals surface area contributed by atoms with Gasteiger partial charge in [0, 0.05) is 5.69 Å². The summed E-state index contributed by atoms with van der Waals surface area (Å²) in [6, 6.07) is 1.33. The van der Waals surface area contributed by atoms with Crippen LogP contribution in [0.1, 0.15) is 11.1 Å². The van der Waals surface area contributed by atoms with Gasteiger partial charge in [-0.05, 0) is 18.1 Å². The summed E-state index contributed by atoms with van der Waals surface area (Å²) < 4.78 is 70.8. The molecule has 0 heterocycles. The predicted octanol–water partition coefficient (Wildman–Crippen LogP) is 1.43. The average Bonchev–Trinajstić information content (AvgIpc) is 2.08. The van der Waals surface area contributed by atoms with Gasteiger partial charge in [0.2, 0.25) is 0 Å². The third-order valence-corrected chi connectivity index (χ3v) is 2.94. The van der Waals surface area contributed by atoms with Gasteiger partial charge >= 0.3 is 17.2 Å². The van der Waals surface area contributed by atoms with Crippen LogP contribution in [-0.4, -0.2) is 15.4 Å². The molecule has 0 bridgehead atoms. The number of benzene rings is 1. The zero-order chi connectivity index (χ0) is 13.4. The maximum atomic E-state index is 12.5. The van der Waals surface area contributed by atoms with E-state index in [-0.39, 0.29) is 16.8 Å². The summed E-state index contributed by atoms with van der Waals surface area (Å²) in [7, 11) is -4.89. The fourth-order valence-corrected chi connectivity index (χ4v) is 2.02. The first-order chi connectivity index (χ1) is 7.50. The van der Waals surface area contributed by atoms with Crippen molar-refractivity contribution in [3.63, 3.8) is 0 Å². The van der Waals surface area contributed by atoms with E-state index in [2.05, 4.69) is 0 Å². The molecule has 1 aromatic rings. The van der Waals surface area contributed by atoms with Gasteiger partial charge in [-0.15, -0.1) is 9.35 Å². The molecular weight excluding hydrogens is 261 g/mol. The Morgan fingerprint density at radius 3 is 2.24 bits per heavy atom. The van der Waals surface area contributed by atoms with Gasteiger partial charge in [0.25, 0.3) is 0 Å². The normalized spacial score (nSPS) is 12.8. The Labute approximate surface area is 95.9 Å².